The Bertz CT molecular complexity index is 446. The molecule has 0 N–H and O–H groups in total. The first-order valence-corrected chi connectivity index (χ1v) is 7.99. The molecule has 0 aliphatic carbocycles. The molecule has 126 valence electrons. The molecule has 1 amide bonds. The number of Topliss-reactive ketones (excluding diaryl/α,β-unsaturated/α-hetero) is 1. The fourth-order valence-corrected chi connectivity index (χ4v) is 2.63. The molecule has 1 heterocycles. The smallest absolute Gasteiger partial charge is 0.411 e. The fraction of sp³-hybridized carbons (Fsp3) is 0.800. The number of carbonyl (C=O) groups is 3. The lowest BCUT2D eigenvalue weighted by atomic mass is 9.89. The van der Waals surface area contributed by atoms with Gasteiger partial charge in [-0.25, -0.2) is 9.59 Å². The molecule has 0 aromatic carbocycles. The van der Waals surface area contributed by atoms with Crippen molar-refractivity contribution >= 4 is 29.4 Å². The van der Waals surface area contributed by atoms with E-state index in [1.165, 1.54) is 4.90 Å². The standard InChI is InChI=1S/C15H24ClNO5/c1-5-21-12(19)15(8-6-9-16)11(18)7-10-17(15)13(20)22-14(2,3)4/h5-10H2,1-4H3. The number of hydrogen-bond acceptors (Lipinski definition) is 5. The summed E-state index contributed by atoms with van der Waals surface area (Å²) in [6.07, 6.45) is 0.0000700. The minimum atomic E-state index is -1.60. The second-order valence-electron chi connectivity index (χ2n) is 6.18. The lowest BCUT2D eigenvalue weighted by Crippen LogP contribution is -2.58. The monoisotopic (exact) mass is 333 g/mol. The molecule has 0 aromatic heterocycles. The number of rotatable bonds is 5. The van der Waals surface area contributed by atoms with Gasteiger partial charge in [0.25, 0.3) is 0 Å². The molecule has 1 aliphatic rings. The summed E-state index contributed by atoms with van der Waals surface area (Å²) in [6, 6.07) is 0. The molecule has 1 saturated heterocycles. The number of nitrogens with zero attached hydrogens (tertiary/aromatic N) is 1. The summed E-state index contributed by atoms with van der Waals surface area (Å²) in [6.45, 7) is 7.13. The van der Waals surface area contributed by atoms with Gasteiger partial charge in [-0.1, -0.05) is 0 Å². The van der Waals surface area contributed by atoms with Gasteiger partial charge in [-0.2, -0.15) is 0 Å². The summed E-state index contributed by atoms with van der Waals surface area (Å²) in [5, 5.41) is 0. The Kier molecular flexibility index (Phi) is 6.23. The van der Waals surface area contributed by atoms with Gasteiger partial charge in [0.05, 0.1) is 6.61 Å². The van der Waals surface area contributed by atoms with E-state index in [9.17, 15) is 14.4 Å². The highest BCUT2D eigenvalue weighted by molar-refractivity contribution is 6.18. The first-order chi connectivity index (χ1) is 10.2. The van der Waals surface area contributed by atoms with E-state index in [-0.39, 0.29) is 37.7 Å². The average Bonchev–Trinajstić information content (AvgIpc) is 2.73. The number of hydrogen-bond donors (Lipinski definition) is 0. The summed E-state index contributed by atoms with van der Waals surface area (Å²) in [5.74, 6) is -0.730. The van der Waals surface area contributed by atoms with E-state index >= 15 is 0 Å². The highest BCUT2D eigenvalue weighted by atomic mass is 35.5. The Morgan fingerprint density at radius 3 is 2.50 bits per heavy atom. The van der Waals surface area contributed by atoms with Crippen molar-refractivity contribution in [2.45, 2.75) is 58.1 Å². The van der Waals surface area contributed by atoms with Crippen molar-refractivity contribution in [3.63, 3.8) is 0 Å². The first-order valence-electron chi connectivity index (χ1n) is 7.46. The minimum Gasteiger partial charge on any atom is -0.464 e. The summed E-state index contributed by atoms with van der Waals surface area (Å²) in [5.41, 5.74) is -2.32. The van der Waals surface area contributed by atoms with Crippen LogP contribution in [0.3, 0.4) is 0 Å². The highest BCUT2D eigenvalue weighted by Gasteiger charge is 2.57. The largest absolute Gasteiger partial charge is 0.464 e. The van der Waals surface area contributed by atoms with Gasteiger partial charge in [-0.05, 0) is 40.5 Å². The van der Waals surface area contributed by atoms with Gasteiger partial charge in [0.2, 0.25) is 5.54 Å². The normalized spacial score (nSPS) is 21.9. The van der Waals surface area contributed by atoms with Crippen molar-refractivity contribution in [2.75, 3.05) is 19.0 Å². The lowest BCUT2D eigenvalue weighted by Gasteiger charge is -2.35. The fourth-order valence-electron chi connectivity index (χ4n) is 2.50. The van der Waals surface area contributed by atoms with E-state index in [0.717, 1.165) is 0 Å². The number of carbonyl (C=O) groups excluding carboxylic acids is 3. The van der Waals surface area contributed by atoms with E-state index in [2.05, 4.69) is 0 Å². The average molecular weight is 334 g/mol. The second kappa shape index (κ2) is 7.31. The van der Waals surface area contributed by atoms with Gasteiger partial charge in [0, 0.05) is 18.8 Å². The maximum atomic E-state index is 12.4. The van der Waals surface area contributed by atoms with E-state index in [1.54, 1.807) is 27.7 Å². The van der Waals surface area contributed by atoms with Crippen molar-refractivity contribution in [3.05, 3.63) is 0 Å². The summed E-state index contributed by atoms with van der Waals surface area (Å²) in [4.78, 5) is 38.4. The van der Waals surface area contributed by atoms with Crippen molar-refractivity contribution in [1.29, 1.82) is 0 Å². The first kappa shape index (κ1) is 18.7. The van der Waals surface area contributed by atoms with Gasteiger partial charge in [0.1, 0.15) is 5.60 Å². The molecule has 1 fully saturated rings. The molecular formula is C15H24ClNO5. The minimum absolute atomic E-state index is 0.111. The van der Waals surface area contributed by atoms with Crippen LogP contribution < -0.4 is 0 Å². The van der Waals surface area contributed by atoms with E-state index in [1.807, 2.05) is 0 Å². The van der Waals surface area contributed by atoms with Crippen molar-refractivity contribution in [1.82, 2.24) is 4.90 Å². The predicted molar refractivity (Wildman–Crippen MR) is 81.9 cm³/mol. The van der Waals surface area contributed by atoms with Crippen LogP contribution in [-0.2, 0) is 19.1 Å². The summed E-state index contributed by atoms with van der Waals surface area (Å²) < 4.78 is 10.4. The molecule has 1 aliphatic heterocycles. The molecule has 0 radical (unpaired) electrons. The SMILES string of the molecule is CCOC(=O)C1(CCCCl)C(=O)CCN1C(=O)OC(C)(C)C. The van der Waals surface area contributed by atoms with Crippen LogP contribution in [-0.4, -0.2) is 52.9 Å². The molecule has 22 heavy (non-hydrogen) atoms. The number of alkyl halides is 1. The maximum Gasteiger partial charge on any atom is 0.411 e. The van der Waals surface area contributed by atoms with Crippen LogP contribution >= 0.6 is 11.6 Å². The molecule has 1 rings (SSSR count). The summed E-state index contributed by atoms with van der Waals surface area (Å²) in [7, 11) is 0. The highest BCUT2D eigenvalue weighted by Crippen LogP contribution is 2.34. The van der Waals surface area contributed by atoms with Crippen LogP contribution in [0.4, 0.5) is 4.79 Å². The topological polar surface area (TPSA) is 72.9 Å². The van der Waals surface area contributed by atoms with E-state index in [0.29, 0.717) is 6.42 Å². The Morgan fingerprint density at radius 1 is 1.36 bits per heavy atom. The van der Waals surface area contributed by atoms with Crippen LogP contribution in [0.25, 0.3) is 0 Å². The molecule has 6 nitrogen and oxygen atoms in total. The van der Waals surface area contributed by atoms with Crippen LogP contribution in [0.5, 0.6) is 0 Å². The predicted octanol–water partition coefficient (Wildman–Crippen LogP) is 2.52. The van der Waals surface area contributed by atoms with Crippen LogP contribution in [0.2, 0.25) is 0 Å². The Hall–Kier alpha value is -1.30. The van der Waals surface area contributed by atoms with Crippen LogP contribution in [0.1, 0.15) is 47.0 Å². The Labute approximate surface area is 136 Å². The van der Waals surface area contributed by atoms with Crippen molar-refractivity contribution in [3.8, 4) is 0 Å². The number of halogens is 1. The number of amides is 1. The maximum absolute atomic E-state index is 12.4. The molecule has 7 heteroatoms. The third-order valence-electron chi connectivity index (χ3n) is 3.38. The van der Waals surface area contributed by atoms with Gasteiger partial charge >= 0.3 is 12.1 Å². The molecule has 0 saturated carbocycles. The zero-order valence-corrected chi connectivity index (χ0v) is 14.4. The van der Waals surface area contributed by atoms with Crippen molar-refractivity contribution in [2.24, 2.45) is 0 Å². The van der Waals surface area contributed by atoms with Crippen LogP contribution in [0.15, 0.2) is 0 Å². The zero-order valence-electron chi connectivity index (χ0n) is 13.6. The number of ketones is 1. The number of likely N-dealkylation sites (tertiary alicyclic amines) is 1. The quantitative estimate of drug-likeness (QED) is 0.439. The number of ether oxygens (including phenoxy) is 2. The molecule has 0 spiro atoms. The molecule has 0 bridgehead atoms. The van der Waals surface area contributed by atoms with Crippen LogP contribution in [0, 0.1) is 0 Å². The van der Waals surface area contributed by atoms with Gasteiger partial charge in [0.15, 0.2) is 5.78 Å². The second-order valence-corrected chi connectivity index (χ2v) is 6.56. The van der Waals surface area contributed by atoms with Crippen molar-refractivity contribution < 1.29 is 23.9 Å². The third-order valence-corrected chi connectivity index (χ3v) is 3.65. The zero-order chi connectivity index (χ0) is 17.0. The molecular weight excluding hydrogens is 310 g/mol. The van der Waals surface area contributed by atoms with Gasteiger partial charge in [-0.15, -0.1) is 11.6 Å². The molecule has 1 unspecified atom stereocenters. The van der Waals surface area contributed by atoms with Gasteiger partial charge < -0.3 is 9.47 Å². The lowest BCUT2D eigenvalue weighted by molar-refractivity contribution is -0.159. The molecule has 0 aromatic rings. The number of esters is 1. The van der Waals surface area contributed by atoms with E-state index < -0.39 is 23.2 Å². The summed E-state index contributed by atoms with van der Waals surface area (Å²) >= 11 is 5.71. The Balaban J connectivity index is 3.14. The molecule has 1 atom stereocenters. The third kappa shape index (κ3) is 3.91. The Morgan fingerprint density at radius 2 is 2.00 bits per heavy atom. The van der Waals surface area contributed by atoms with E-state index in [4.69, 9.17) is 21.1 Å². The van der Waals surface area contributed by atoms with Gasteiger partial charge in [-0.3, -0.25) is 9.69 Å².